The Balaban J connectivity index is 1.59. The second-order valence-electron chi connectivity index (χ2n) is 9.06. The number of epoxide rings is 1. The molecule has 147 valence electrons. The lowest BCUT2D eigenvalue weighted by atomic mass is 9.77. The van der Waals surface area contributed by atoms with Crippen LogP contribution in [0.25, 0.3) is 0 Å². The minimum absolute atomic E-state index is 0.112. The summed E-state index contributed by atoms with van der Waals surface area (Å²) in [4.78, 5) is 0. The van der Waals surface area contributed by atoms with Crippen LogP contribution in [-0.4, -0.2) is 15.1 Å². The Morgan fingerprint density at radius 3 is 2.07 bits per heavy atom. The first kappa shape index (κ1) is 18.8. The van der Waals surface area contributed by atoms with E-state index in [0.29, 0.717) is 0 Å². The molecule has 0 spiro atoms. The second-order valence-corrected chi connectivity index (χ2v) is 11.1. The van der Waals surface area contributed by atoms with Crippen LogP contribution < -0.4 is 10.4 Å². The van der Waals surface area contributed by atoms with Crippen molar-refractivity contribution in [3.63, 3.8) is 0 Å². The Hall–Kier alpha value is -2.20. The SMILES string of the molecule is CC(C)(C)c1cccc2c1CCC1OC21O[Si](c1ccccc1)c1ccccc1. The highest BCUT2D eigenvalue weighted by Gasteiger charge is 2.63. The largest absolute Gasteiger partial charge is 0.374 e. The Morgan fingerprint density at radius 1 is 0.862 bits per heavy atom. The van der Waals surface area contributed by atoms with Crippen molar-refractivity contribution in [2.24, 2.45) is 0 Å². The first-order valence-corrected chi connectivity index (χ1v) is 11.9. The lowest BCUT2D eigenvalue weighted by Crippen LogP contribution is -2.48. The van der Waals surface area contributed by atoms with Crippen LogP contribution in [0.5, 0.6) is 0 Å². The Bertz CT molecular complexity index is 970. The lowest BCUT2D eigenvalue weighted by molar-refractivity contribution is 0.0606. The van der Waals surface area contributed by atoms with Crippen molar-refractivity contribution in [2.45, 2.75) is 50.9 Å². The zero-order valence-electron chi connectivity index (χ0n) is 17.3. The highest BCUT2D eigenvalue weighted by atomic mass is 28.3. The molecule has 0 aromatic heterocycles. The van der Waals surface area contributed by atoms with Crippen LogP contribution in [0.15, 0.2) is 78.9 Å². The van der Waals surface area contributed by atoms with Crippen LogP contribution in [0.3, 0.4) is 0 Å². The fourth-order valence-corrected chi connectivity index (χ4v) is 6.74. The molecule has 2 aliphatic rings. The Morgan fingerprint density at radius 2 is 1.48 bits per heavy atom. The molecule has 2 unspecified atom stereocenters. The quantitative estimate of drug-likeness (QED) is 0.482. The van der Waals surface area contributed by atoms with Gasteiger partial charge in [0, 0.05) is 5.56 Å². The molecule has 0 N–H and O–H groups in total. The van der Waals surface area contributed by atoms with E-state index >= 15 is 0 Å². The van der Waals surface area contributed by atoms with Crippen LogP contribution in [0, 0.1) is 0 Å². The molecule has 1 fully saturated rings. The maximum absolute atomic E-state index is 7.00. The molecule has 2 nitrogen and oxygen atoms in total. The summed E-state index contributed by atoms with van der Waals surface area (Å²) < 4.78 is 13.3. The highest BCUT2D eigenvalue weighted by molar-refractivity contribution is 6.80. The molecular weight excluding hydrogens is 372 g/mol. The molecule has 5 rings (SSSR count). The van der Waals surface area contributed by atoms with Gasteiger partial charge >= 0.3 is 0 Å². The minimum Gasteiger partial charge on any atom is -0.374 e. The van der Waals surface area contributed by atoms with Gasteiger partial charge in [0.1, 0.15) is 6.10 Å². The van der Waals surface area contributed by atoms with E-state index in [1.165, 1.54) is 27.1 Å². The molecule has 0 saturated carbocycles. The van der Waals surface area contributed by atoms with Crippen molar-refractivity contribution in [1.82, 2.24) is 0 Å². The minimum atomic E-state index is -1.43. The van der Waals surface area contributed by atoms with Crippen molar-refractivity contribution in [3.05, 3.63) is 95.6 Å². The summed E-state index contributed by atoms with van der Waals surface area (Å²) in [6, 6.07) is 27.9. The molecule has 3 aromatic rings. The van der Waals surface area contributed by atoms with E-state index in [0.717, 1.165) is 12.8 Å². The first-order chi connectivity index (χ1) is 14.0. The summed E-state index contributed by atoms with van der Waals surface area (Å²) in [5.74, 6) is -0.588. The van der Waals surface area contributed by atoms with Gasteiger partial charge in [-0.15, -0.1) is 0 Å². The van der Waals surface area contributed by atoms with Crippen LogP contribution in [0.4, 0.5) is 0 Å². The van der Waals surface area contributed by atoms with E-state index in [9.17, 15) is 0 Å². The van der Waals surface area contributed by atoms with Gasteiger partial charge in [-0.1, -0.05) is 99.6 Å². The Labute approximate surface area is 175 Å². The number of ether oxygens (including phenoxy) is 1. The molecule has 2 atom stereocenters. The molecule has 29 heavy (non-hydrogen) atoms. The number of hydrogen-bond donors (Lipinski definition) is 0. The second kappa shape index (κ2) is 6.94. The number of rotatable bonds is 4. The Kier molecular flexibility index (Phi) is 4.50. The summed E-state index contributed by atoms with van der Waals surface area (Å²) >= 11 is 0. The normalized spacial score (nSPS) is 22.8. The number of benzene rings is 3. The van der Waals surface area contributed by atoms with Crippen molar-refractivity contribution in [1.29, 1.82) is 0 Å². The van der Waals surface area contributed by atoms with Crippen LogP contribution in [0.2, 0.25) is 0 Å². The number of fused-ring (bicyclic) bond motifs is 3. The molecule has 3 aromatic carbocycles. The van der Waals surface area contributed by atoms with Gasteiger partial charge in [0.25, 0.3) is 9.04 Å². The average molecular weight is 400 g/mol. The van der Waals surface area contributed by atoms with Gasteiger partial charge in [0.2, 0.25) is 5.79 Å². The highest BCUT2D eigenvalue weighted by Crippen LogP contribution is 2.55. The number of hydrogen-bond acceptors (Lipinski definition) is 2. The van der Waals surface area contributed by atoms with Crippen LogP contribution in [0.1, 0.15) is 43.9 Å². The van der Waals surface area contributed by atoms with Crippen molar-refractivity contribution in [3.8, 4) is 0 Å². The average Bonchev–Trinajstić information content (AvgIpc) is 3.47. The van der Waals surface area contributed by atoms with Crippen molar-refractivity contribution in [2.75, 3.05) is 0 Å². The van der Waals surface area contributed by atoms with Gasteiger partial charge in [0.15, 0.2) is 0 Å². The van der Waals surface area contributed by atoms with Crippen LogP contribution >= 0.6 is 0 Å². The van der Waals surface area contributed by atoms with Crippen molar-refractivity contribution < 1.29 is 9.16 Å². The zero-order valence-corrected chi connectivity index (χ0v) is 18.3. The summed E-state index contributed by atoms with van der Waals surface area (Å²) in [5.41, 5.74) is 4.20. The monoisotopic (exact) mass is 399 g/mol. The molecule has 1 aliphatic carbocycles. The van der Waals surface area contributed by atoms with Gasteiger partial charge in [-0.2, -0.15) is 0 Å². The van der Waals surface area contributed by atoms with E-state index < -0.39 is 14.8 Å². The predicted octanol–water partition coefficient (Wildman–Crippen LogP) is 4.30. The molecule has 3 heteroatoms. The lowest BCUT2D eigenvalue weighted by Gasteiger charge is -2.31. The third-order valence-corrected chi connectivity index (χ3v) is 8.25. The standard InChI is InChI=1S/C26H27O2Si/c1-25(2,3)22-15-10-16-23-21(22)17-18-24-26(23,27-24)28-29(19-11-6-4-7-12-19)20-13-8-5-9-14-20/h4-16,24H,17-18H2,1-3H3. The van der Waals surface area contributed by atoms with Gasteiger partial charge < -0.3 is 9.16 Å². The van der Waals surface area contributed by atoms with E-state index in [1.807, 2.05) is 0 Å². The summed E-state index contributed by atoms with van der Waals surface area (Å²) in [6.07, 6.45) is 2.26. The van der Waals surface area contributed by atoms with E-state index in [2.05, 4.69) is 99.6 Å². The van der Waals surface area contributed by atoms with E-state index in [1.54, 1.807) is 0 Å². The molecule has 1 aliphatic heterocycles. The van der Waals surface area contributed by atoms with Gasteiger partial charge in [-0.3, -0.25) is 0 Å². The fraction of sp³-hybridized carbons (Fsp3) is 0.308. The van der Waals surface area contributed by atoms with Crippen molar-refractivity contribution >= 4 is 19.4 Å². The van der Waals surface area contributed by atoms with Gasteiger partial charge in [0.05, 0.1) is 0 Å². The first-order valence-electron chi connectivity index (χ1n) is 10.5. The van der Waals surface area contributed by atoms with Gasteiger partial charge in [-0.05, 0) is 39.8 Å². The molecular formula is C26H27O2Si. The topological polar surface area (TPSA) is 21.8 Å². The summed E-state index contributed by atoms with van der Waals surface area (Å²) in [7, 11) is -1.43. The third kappa shape index (κ3) is 3.27. The maximum atomic E-state index is 7.00. The smallest absolute Gasteiger partial charge is 0.286 e. The molecule has 1 radical (unpaired) electrons. The van der Waals surface area contributed by atoms with E-state index in [4.69, 9.17) is 9.16 Å². The zero-order chi connectivity index (χ0) is 20.1. The van der Waals surface area contributed by atoms with E-state index in [-0.39, 0.29) is 11.5 Å². The fourth-order valence-electron chi connectivity index (χ4n) is 4.58. The summed E-state index contributed by atoms with van der Waals surface area (Å²) in [6.45, 7) is 6.87. The molecule has 0 bridgehead atoms. The molecule has 1 heterocycles. The predicted molar refractivity (Wildman–Crippen MR) is 119 cm³/mol. The maximum Gasteiger partial charge on any atom is 0.286 e. The van der Waals surface area contributed by atoms with Gasteiger partial charge in [-0.25, -0.2) is 0 Å². The third-order valence-electron chi connectivity index (χ3n) is 6.03. The van der Waals surface area contributed by atoms with Crippen LogP contribution in [-0.2, 0) is 26.8 Å². The summed E-state index contributed by atoms with van der Waals surface area (Å²) in [5, 5.41) is 2.51. The molecule has 0 amide bonds. The molecule has 1 saturated heterocycles.